The highest BCUT2D eigenvalue weighted by Crippen LogP contribution is 2.48. The maximum atomic E-state index is 2.44. The summed E-state index contributed by atoms with van der Waals surface area (Å²) in [5.41, 5.74) is 19.1. The van der Waals surface area contributed by atoms with Crippen molar-refractivity contribution in [2.75, 3.05) is 14.7 Å². The zero-order valence-electron chi connectivity index (χ0n) is 45.6. The fraction of sp³-hybridized carbons (Fsp3) is 0. The monoisotopic (exact) mass is 1060 g/mol. The van der Waals surface area contributed by atoms with E-state index >= 15 is 0 Å². The van der Waals surface area contributed by atoms with Gasteiger partial charge in [0.05, 0.1) is 5.69 Å². The third-order valence-electron chi connectivity index (χ3n) is 16.4. The molecule has 15 aromatic rings. The highest BCUT2D eigenvalue weighted by Gasteiger charge is 2.23. The van der Waals surface area contributed by atoms with Crippen molar-refractivity contribution in [1.29, 1.82) is 0 Å². The number of anilines is 9. The van der Waals surface area contributed by atoms with Crippen LogP contribution in [0.5, 0.6) is 0 Å². The number of hydrogen-bond donors (Lipinski definition) is 0. The Hall–Kier alpha value is -11.0. The van der Waals surface area contributed by atoms with Crippen molar-refractivity contribution in [3.05, 3.63) is 334 Å². The molecule has 0 fully saturated rings. The van der Waals surface area contributed by atoms with E-state index in [-0.39, 0.29) is 0 Å². The van der Waals surface area contributed by atoms with E-state index < -0.39 is 0 Å². The lowest BCUT2D eigenvalue weighted by molar-refractivity contribution is 1.25. The largest absolute Gasteiger partial charge is 0.311 e. The van der Waals surface area contributed by atoms with Crippen LogP contribution in [0, 0.1) is 0 Å². The minimum absolute atomic E-state index is 1.05. The standard InChI is InChI=1S/C80H55N3/c1-5-16-56(17-6-1)60-30-38-65(39-31-60)81(66-40-32-61(33-41-66)57-18-7-2-8-19-57)69-46-50-71(51-47-69)83(78-55-54-76-74-27-14-25-64-24-13-26-73(79(64)74)75-28-15-29-77(78)80(75)76)72-52-48-70(49-53-72)82(67-42-34-62(35-43-67)58-20-9-3-10-21-58)68-44-36-63(37-45-68)59-22-11-4-12-23-59/h1-55H. The van der Waals surface area contributed by atoms with Gasteiger partial charge in [0.1, 0.15) is 0 Å². The van der Waals surface area contributed by atoms with Gasteiger partial charge in [-0.2, -0.15) is 0 Å². The van der Waals surface area contributed by atoms with Crippen molar-refractivity contribution in [3.63, 3.8) is 0 Å². The second-order valence-electron chi connectivity index (χ2n) is 21.3. The second-order valence-corrected chi connectivity index (χ2v) is 21.3. The van der Waals surface area contributed by atoms with E-state index in [0.29, 0.717) is 0 Å². The minimum atomic E-state index is 1.05. The van der Waals surface area contributed by atoms with Gasteiger partial charge in [0.25, 0.3) is 0 Å². The Labute approximate surface area is 484 Å². The van der Waals surface area contributed by atoms with E-state index in [4.69, 9.17) is 0 Å². The first-order valence-electron chi connectivity index (χ1n) is 28.5. The molecule has 0 radical (unpaired) electrons. The summed E-state index contributed by atoms with van der Waals surface area (Å²) in [7, 11) is 0. The molecule has 0 atom stereocenters. The van der Waals surface area contributed by atoms with Crippen LogP contribution in [0.15, 0.2) is 334 Å². The maximum Gasteiger partial charge on any atom is 0.0540 e. The normalized spacial score (nSPS) is 11.4. The molecule has 15 rings (SSSR count). The summed E-state index contributed by atoms with van der Waals surface area (Å²) in [6.45, 7) is 0. The maximum absolute atomic E-state index is 2.44. The quantitative estimate of drug-likeness (QED) is 0.0842. The van der Waals surface area contributed by atoms with Gasteiger partial charge < -0.3 is 14.7 Å². The van der Waals surface area contributed by atoms with Gasteiger partial charge in [-0.15, -0.1) is 0 Å². The van der Waals surface area contributed by atoms with Crippen LogP contribution in [0.3, 0.4) is 0 Å². The Bertz CT molecular complexity index is 4270. The molecule has 0 saturated carbocycles. The molecule has 0 aromatic heterocycles. The highest BCUT2D eigenvalue weighted by molar-refractivity contribution is 6.34. The average Bonchev–Trinajstić information content (AvgIpc) is 3.71. The summed E-state index contributed by atoms with van der Waals surface area (Å²) in [5, 5.41) is 10.1. The van der Waals surface area contributed by atoms with Crippen molar-refractivity contribution in [1.82, 2.24) is 0 Å². The lowest BCUT2D eigenvalue weighted by Gasteiger charge is -2.30. The van der Waals surface area contributed by atoms with Gasteiger partial charge in [-0.05, 0) is 185 Å². The SMILES string of the molecule is c1ccc(-c2ccc(N(c3ccc(-c4ccccc4)cc3)c3ccc(N(c4ccc(N(c5ccc(-c6ccccc6)cc5)c5ccc(-c6ccccc6)cc5)cc4)c4ccc5c6cccc7cccc(c8cccc4c85)c76)cc3)cc2)cc1. The van der Waals surface area contributed by atoms with Crippen molar-refractivity contribution in [3.8, 4) is 44.5 Å². The molecule has 0 aliphatic carbocycles. The predicted molar refractivity (Wildman–Crippen MR) is 353 cm³/mol. The smallest absolute Gasteiger partial charge is 0.0540 e. The first-order chi connectivity index (χ1) is 41.2. The Morgan fingerprint density at radius 1 is 0.145 bits per heavy atom. The number of hydrogen-bond acceptors (Lipinski definition) is 3. The molecule has 0 unspecified atom stereocenters. The van der Waals surface area contributed by atoms with E-state index in [2.05, 4.69) is 348 Å². The Kier molecular flexibility index (Phi) is 12.6. The Balaban J connectivity index is 0.870. The number of benzene rings is 15. The van der Waals surface area contributed by atoms with Crippen LogP contribution in [0.25, 0.3) is 87.6 Å². The predicted octanol–water partition coefficient (Wildman–Crippen LogP) is 22.8. The molecule has 83 heavy (non-hydrogen) atoms. The van der Waals surface area contributed by atoms with Crippen molar-refractivity contribution >= 4 is 94.3 Å². The van der Waals surface area contributed by atoms with Gasteiger partial charge in [0.2, 0.25) is 0 Å². The van der Waals surface area contributed by atoms with Crippen LogP contribution >= 0.6 is 0 Å². The van der Waals surface area contributed by atoms with Gasteiger partial charge in [0, 0.05) is 50.9 Å². The lowest BCUT2D eigenvalue weighted by atomic mass is 9.89. The van der Waals surface area contributed by atoms with Crippen LogP contribution < -0.4 is 14.7 Å². The Morgan fingerprint density at radius 2 is 0.386 bits per heavy atom. The third kappa shape index (κ3) is 9.17. The second kappa shape index (κ2) is 21.2. The fourth-order valence-electron chi connectivity index (χ4n) is 12.4. The van der Waals surface area contributed by atoms with Crippen LogP contribution in [-0.4, -0.2) is 0 Å². The molecule has 0 amide bonds. The van der Waals surface area contributed by atoms with Gasteiger partial charge in [0.15, 0.2) is 0 Å². The molecule has 3 heteroatoms. The minimum Gasteiger partial charge on any atom is -0.311 e. The van der Waals surface area contributed by atoms with Crippen LogP contribution in [-0.2, 0) is 0 Å². The first kappa shape index (κ1) is 49.1. The van der Waals surface area contributed by atoms with Gasteiger partial charge >= 0.3 is 0 Å². The molecule has 0 heterocycles. The van der Waals surface area contributed by atoms with E-state index in [1.807, 2.05) is 0 Å². The molecule has 0 aliphatic rings. The number of fused-ring (bicyclic) bond motifs is 2. The summed E-state index contributed by atoms with van der Waals surface area (Å²) < 4.78 is 0. The molecular formula is C80H55N3. The average molecular weight is 1060 g/mol. The molecule has 15 aromatic carbocycles. The zero-order chi connectivity index (χ0) is 55.1. The van der Waals surface area contributed by atoms with Crippen molar-refractivity contribution < 1.29 is 0 Å². The molecule has 3 nitrogen and oxygen atoms in total. The van der Waals surface area contributed by atoms with Crippen LogP contribution in [0.2, 0.25) is 0 Å². The third-order valence-corrected chi connectivity index (χ3v) is 16.4. The first-order valence-corrected chi connectivity index (χ1v) is 28.5. The summed E-state index contributed by atoms with van der Waals surface area (Å²) in [5.74, 6) is 0. The zero-order valence-corrected chi connectivity index (χ0v) is 45.6. The van der Waals surface area contributed by atoms with Crippen molar-refractivity contribution in [2.24, 2.45) is 0 Å². The molecule has 390 valence electrons. The number of nitrogens with zero attached hydrogens (tertiary/aromatic N) is 3. The molecule has 0 N–H and O–H groups in total. The number of rotatable bonds is 13. The molecular weight excluding hydrogens is 1000 g/mol. The molecule has 0 saturated heterocycles. The molecule has 0 bridgehead atoms. The topological polar surface area (TPSA) is 9.72 Å². The summed E-state index contributed by atoms with van der Waals surface area (Å²) in [6.07, 6.45) is 0. The molecule has 0 aliphatic heterocycles. The molecule has 0 spiro atoms. The fourth-order valence-corrected chi connectivity index (χ4v) is 12.4. The summed E-state index contributed by atoms with van der Waals surface area (Å²) >= 11 is 0. The Morgan fingerprint density at radius 3 is 0.711 bits per heavy atom. The van der Waals surface area contributed by atoms with E-state index in [1.54, 1.807) is 0 Å². The van der Waals surface area contributed by atoms with Gasteiger partial charge in [-0.1, -0.05) is 231 Å². The highest BCUT2D eigenvalue weighted by atomic mass is 15.2. The lowest BCUT2D eigenvalue weighted by Crippen LogP contribution is -2.13. The van der Waals surface area contributed by atoms with Gasteiger partial charge in [-0.25, -0.2) is 0 Å². The van der Waals surface area contributed by atoms with E-state index in [9.17, 15) is 0 Å². The van der Waals surface area contributed by atoms with Gasteiger partial charge in [-0.3, -0.25) is 0 Å². The van der Waals surface area contributed by atoms with Crippen LogP contribution in [0.4, 0.5) is 51.2 Å². The van der Waals surface area contributed by atoms with Crippen LogP contribution in [0.1, 0.15) is 0 Å². The summed E-state index contributed by atoms with van der Waals surface area (Å²) in [6, 6.07) is 121. The van der Waals surface area contributed by atoms with E-state index in [1.165, 1.54) is 87.6 Å². The van der Waals surface area contributed by atoms with E-state index in [0.717, 1.165) is 51.2 Å². The van der Waals surface area contributed by atoms with Crippen molar-refractivity contribution in [2.45, 2.75) is 0 Å². The summed E-state index contributed by atoms with van der Waals surface area (Å²) in [4.78, 5) is 7.17.